The van der Waals surface area contributed by atoms with Crippen LogP contribution >= 0.6 is 0 Å². The van der Waals surface area contributed by atoms with Gasteiger partial charge < -0.3 is 5.11 Å². The van der Waals surface area contributed by atoms with E-state index in [9.17, 15) is 14.7 Å². The van der Waals surface area contributed by atoms with Crippen molar-refractivity contribution >= 4 is 11.6 Å². The number of unbranched alkanes of at least 4 members (excludes halogenated alkanes) is 1. The first-order valence-corrected chi connectivity index (χ1v) is 10.3. The number of fused-ring (bicyclic) bond motifs is 3. The SMILES string of the molecule is CCCCC(=O)/C=C1/CC[C@@H]2[C@@H](C1)C[C@@H](O)[C@]1(C)C(C(C)=O)CC[C@@H]21. The van der Waals surface area contributed by atoms with Crippen molar-refractivity contribution in [2.24, 2.45) is 29.1 Å². The minimum atomic E-state index is -0.384. The lowest BCUT2D eigenvalue weighted by Gasteiger charge is -2.53. The van der Waals surface area contributed by atoms with Crippen LogP contribution in [-0.4, -0.2) is 22.8 Å². The predicted molar refractivity (Wildman–Crippen MR) is 99.1 cm³/mol. The summed E-state index contributed by atoms with van der Waals surface area (Å²) >= 11 is 0. The summed E-state index contributed by atoms with van der Waals surface area (Å²) in [5.74, 6) is 2.11. The number of Topliss-reactive ketones (excluding diaryl/α,β-unsaturated/α-hetero) is 1. The number of hydrogen-bond acceptors (Lipinski definition) is 3. The molecule has 0 bridgehead atoms. The molecule has 0 aromatic heterocycles. The Morgan fingerprint density at radius 2 is 2.04 bits per heavy atom. The molecule has 3 heteroatoms. The average molecular weight is 347 g/mol. The van der Waals surface area contributed by atoms with E-state index in [1.54, 1.807) is 6.92 Å². The van der Waals surface area contributed by atoms with Crippen LogP contribution in [0.2, 0.25) is 0 Å². The molecule has 1 unspecified atom stereocenters. The number of aliphatic hydroxyl groups excluding tert-OH is 1. The summed E-state index contributed by atoms with van der Waals surface area (Å²) in [7, 11) is 0. The van der Waals surface area contributed by atoms with Gasteiger partial charge in [-0.2, -0.15) is 0 Å². The summed E-state index contributed by atoms with van der Waals surface area (Å²) in [6.07, 6.45) is 10.1. The number of carbonyl (C=O) groups is 2. The van der Waals surface area contributed by atoms with Gasteiger partial charge in [0.1, 0.15) is 5.78 Å². The van der Waals surface area contributed by atoms with Crippen LogP contribution in [0.3, 0.4) is 0 Å². The number of hydrogen-bond donors (Lipinski definition) is 1. The first-order valence-electron chi connectivity index (χ1n) is 10.3. The Labute approximate surface area is 152 Å². The van der Waals surface area contributed by atoms with E-state index in [4.69, 9.17) is 0 Å². The van der Waals surface area contributed by atoms with Gasteiger partial charge in [-0.15, -0.1) is 0 Å². The maximum atomic E-state index is 12.1. The highest BCUT2D eigenvalue weighted by molar-refractivity contribution is 5.90. The van der Waals surface area contributed by atoms with E-state index in [2.05, 4.69) is 13.8 Å². The maximum Gasteiger partial charge on any atom is 0.155 e. The van der Waals surface area contributed by atoms with E-state index in [1.165, 1.54) is 5.57 Å². The van der Waals surface area contributed by atoms with Crippen LogP contribution in [0.5, 0.6) is 0 Å². The van der Waals surface area contributed by atoms with Crippen molar-refractivity contribution in [1.29, 1.82) is 0 Å². The summed E-state index contributed by atoms with van der Waals surface area (Å²) in [6.45, 7) is 5.97. The van der Waals surface area contributed by atoms with Crippen molar-refractivity contribution in [3.63, 3.8) is 0 Å². The molecule has 25 heavy (non-hydrogen) atoms. The number of ketones is 2. The van der Waals surface area contributed by atoms with E-state index in [-0.39, 0.29) is 29.0 Å². The molecule has 1 N–H and O–H groups in total. The minimum Gasteiger partial charge on any atom is -0.393 e. The standard InChI is InChI=1S/C22H34O3/c1-4-5-6-17(24)12-15-7-8-18-16(11-15)13-21(25)22(3)19(14(2)23)9-10-20(18)22/h12,16,18-21,25H,4-11,13H2,1-3H3/b15-12-/t16-,18+,19?,20-,21+,22+/m0/s1. The zero-order valence-corrected chi connectivity index (χ0v) is 16.1. The molecule has 3 aliphatic carbocycles. The molecular formula is C22H34O3. The lowest BCUT2D eigenvalue weighted by molar-refractivity contribution is -0.139. The molecule has 0 aliphatic heterocycles. The van der Waals surface area contributed by atoms with Gasteiger partial charge in [0.25, 0.3) is 0 Å². The Hall–Kier alpha value is -0.960. The Morgan fingerprint density at radius 1 is 1.28 bits per heavy atom. The van der Waals surface area contributed by atoms with E-state index in [0.29, 0.717) is 24.2 Å². The monoisotopic (exact) mass is 346 g/mol. The maximum absolute atomic E-state index is 12.1. The summed E-state index contributed by atoms with van der Waals surface area (Å²) in [5, 5.41) is 10.9. The van der Waals surface area contributed by atoms with Crippen LogP contribution in [0.25, 0.3) is 0 Å². The number of allylic oxidation sites excluding steroid dienone is 2. The van der Waals surface area contributed by atoms with E-state index in [1.807, 2.05) is 6.08 Å². The molecule has 3 rings (SSSR count). The lowest BCUT2D eigenvalue weighted by Crippen LogP contribution is -2.52. The Balaban J connectivity index is 1.72. The Morgan fingerprint density at radius 3 is 2.72 bits per heavy atom. The van der Waals surface area contributed by atoms with Crippen molar-refractivity contribution in [3.05, 3.63) is 11.6 Å². The van der Waals surface area contributed by atoms with Crippen molar-refractivity contribution < 1.29 is 14.7 Å². The first kappa shape index (κ1) is 18.8. The molecular weight excluding hydrogens is 312 g/mol. The highest BCUT2D eigenvalue weighted by Gasteiger charge is 2.59. The summed E-state index contributed by atoms with van der Waals surface area (Å²) in [5.41, 5.74) is 1.06. The molecule has 0 aromatic carbocycles. The van der Waals surface area contributed by atoms with Crippen LogP contribution in [0.15, 0.2) is 11.6 Å². The molecule has 6 atom stereocenters. The van der Waals surface area contributed by atoms with Gasteiger partial charge in [-0.25, -0.2) is 0 Å². The molecule has 0 heterocycles. The molecule has 3 saturated carbocycles. The normalized spacial score (nSPS) is 42.1. The third-order valence-electron chi connectivity index (χ3n) is 7.64. The van der Waals surface area contributed by atoms with Gasteiger partial charge in [0, 0.05) is 17.8 Å². The van der Waals surface area contributed by atoms with Crippen LogP contribution in [-0.2, 0) is 9.59 Å². The van der Waals surface area contributed by atoms with E-state index >= 15 is 0 Å². The molecule has 0 saturated heterocycles. The van der Waals surface area contributed by atoms with Gasteiger partial charge >= 0.3 is 0 Å². The highest BCUT2D eigenvalue weighted by Crippen LogP contribution is 2.62. The summed E-state index contributed by atoms with van der Waals surface area (Å²) < 4.78 is 0. The van der Waals surface area contributed by atoms with Crippen molar-refractivity contribution in [2.45, 2.75) is 84.7 Å². The highest BCUT2D eigenvalue weighted by atomic mass is 16.3. The second-order valence-electron chi connectivity index (χ2n) is 9.00. The van der Waals surface area contributed by atoms with Gasteiger partial charge in [-0.3, -0.25) is 9.59 Å². The van der Waals surface area contributed by atoms with E-state index < -0.39 is 0 Å². The van der Waals surface area contributed by atoms with Crippen molar-refractivity contribution in [3.8, 4) is 0 Å². The third kappa shape index (κ3) is 3.37. The third-order valence-corrected chi connectivity index (χ3v) is 7.64. The molecule has 3 nitrogen and oxygen atoms in total. The number of rotatable bonds is 5. The van der Waals surface area contributed by atoms with Crippen molar-refractivity contribution in [1.82, 2.24) is 0 Å². The molecule has 3 aliphatic rings. The van der Waals surface area contributed by atoms with Gasteiger partial charge in [0.2, 0.25) is 0 Å². The van der Waals surface area contributed by atoms with Gasteiger partial charge in [-0.1, -0.05) is 25.8 Å². The second-order valence-corrected chi connectivity index (χ2v) is 9.00. The van der Waals surface area contributed by atoms with E-state index in [0.717, 1.165) is 51.4 Å². The Kier molecular flexibility index (Phi) is 5.53. The van der Waals surface area contributed by atoms with Crippen LogP contribution in [0, 0.1) is 29.1 Å². The van der Waals surface area contributed by atoms with Gasteiger partial charge in [0.05, 0.1) is 6.10 Å². The molecule has 0 radical (unpaired) electrons. The summed E-state index contributed by atoms with van der Waals surface area (Å²) in [4.78, 5) is 24.2. The first-order chi connectivity index (χ1) is 11.9. The lowest BCUT2D eigenvalue weighted by atomic mass is 9.53. The number of aliphatic hydroxyl groups is 1. The quantitative estimate of drug-likeness (QED) is 0.747. The fourth-order valence-corrected chi connectivity index (χ4v) is 6.31. The molecule has 3 fully saturated rings. The zero-order valence-electron chi connectivity index (χ0n) is 16.1. The van der Waals surface area contributed by atoms with Crippen LogP contribution in [0.4, 0.5) is 0 Å². The van der Waals surface area contributed by atoms with Gasteiger partial charge in [-0.05, 0) is 75.7 Å². The van der Waals surface area contributed by atoms with Gasteiger partial charge in [0.15, 0.2) is 5.78 Å². The summed E-state index contributed by atoms with van der Waals surface area (Å²) in [6, 6.07) is 0. The second kappa shape index (κ2) is 7.34. The minimum absolute atomic E-state index is 0.0287. The van der Waals surface area contributed by atoms with Crippen LogP contribution < -0.4 is 0 Å². The molecule has 0 spiro atoms. The smallest absolute Gasteiger partial charge is 0.155 e. The topological polar surface area (TPSA) is 54.4 Å². The average Bonchev–Trinajstić information content (AvgIpc) is 2.92. The predicted octanol–water partition coefficient (Wildman–Crippen LogP) is 4.47. The fourth-order valence-electron chi connectivity index (χ4n) is 6.31. The molecule has 0 amide bonds. The molecule has 140 valence electrons. The molecule has 0 aromatic rings. The largest absolute Gasteiger partial charge is 0.393 e. The van der Waals surface area contributed by atoms with Crippen molar-refractivity contribution in [2.75, 3.05) is 0 Å². The zero-order chi connectivity index (χ0) is 18.2. The fraction of sp³-hybridized carbons (Fsp3) is 0.818. The number of carbonyl (C=O) groups excluding carboxylic acids is 2. The van der Waals surface area contributed by atoms with Crippen LogP contribution in [0.1, 0.15) is 78.6 Å². The Bertz CT molecular complexity index is 564.